The van der Waals surface area contributed by atoms with Crippen LogP contribution in [0.25, 0.3) is 0 Å². The zero-order chi connectivity index (χ0) is 18.0. The van der Waals surface area contributed by atoms with Crippen molar-refractivity contribution in [1.82, 2.24) is 5.43 Å². The van der Waals surface area contributed by atoms with Gasteiger partial charge in [-0.1, -0.05) is 23.2 Å². The third-order valence-electron chi connectivity index (χ3n) is 2.96. The molecule has 0 aliphatic heterocycles. The minimum absolute atomic E-state index is 0.169. The number of amides is 2. The lowest BCUT2D eigenvalue weighted by Crippen LogP contribution is -2.34. The van der Waals surface area contributed by atoms with Crippen molar-refractivity contribution in [2.75, 3.05) is 10.7 Å². The molecule has 0 bridgehead atoms. The van der Waals surface area contributed by atoms with Gasteiger partial charge >= 0.3 is 6.03 Å². The van der Waals surface area contributed by atoms with Crippen LogP contribution >= 0.6 is 23.2 Å². The van der Waals surface area contributed by atoms with Gasteiger partial charge in [-0.3, -0.25) is 10.9 Å². The Morgan fingerprint density at radius 3 is 2.08 bits per heavy atom. The Bertz CT molecular complexity index is 788. The molecule has 0 aromatic heterocycles. The normalized spacial score (nSPS) is 10.5. The quantitative estimate of drug-likeness (QED) is 0.397. The highest BCUT2D eigenvalue weighted by atomic mass is 35.5. The van der Waals surface area contributed by atoms with Gasteiger partial charge in [0.1, 0.15) is 5.69 Å². The van der Waals surface area contributed by atoms with Crippen LogP contribution in [0.5, 0.6) is 0 Å². The molecule has 0 atom stereocenters. The van der Waals surface area contributed by atoms with Gasteiger partial charge in [0.15, 0.2) is 23.3 Å². The summed E-state index contributed by atoms with van der Waals surface area (Å²) in [6.07, 6.45) is 0. The molecule has 24 heavy (non-hydrogen) atoms. The Labute approximate surface area is 143 Å². The molecule has 10 heteroatoms. The minimum Gasteiger partial charge on any atom is -0.307 e. The average Bonchev–Trinajstić information content (AvgIpc) is 2.54. The summed E-state index contributed by atoms with van der Waals surface area (Å²) < 4.78 is 54.1. The second-order valence-corrected chi connectivity index (χ2v) is 5.40. The van der Waals surface area contributed by atoms with Crippen molar-refractivity contribution in [3.8, 4) is 0 Å². The highest BCUT2D eigenvalue weighted by Crippen LogP contribution is 2.27. The molecule has 0 spiro atoms. The molecular formula is C14H9Cl2F4N3O. The molecule has 0 aliphatic carbocycles. The average molecular weight is 382 g/mol. The molecular weight excluding hydrogens is 373 g/mol. The van der Waals surface area contributed by atoms with Gasteiger partial charge in [0.2, 0.25) is 0 Å². The summed E-state index contributed by atoms with van der Waals surface area (Å²) in [6.45, 7) is 0.880. The zero-order valence-electron chi connectivity index (χ0n) is 11.9. The molecule has 0 fully saturated rings. The Morgan fingerprint density at radius 1 is 0.958 bits per heavy atom. The van der Waals surface area contributed by atoms with Gasteiger partial charge in [-0.05, 0) is 25.1 Å². The lowest BCUT2D eigenvalue weighted by atomic mass is 10.2. The second-order valence-electron chi connectivity index (χ2n) is 4.59. The monoisotopic (exact) mass is 381 g/mol. The molecule has 3 N–H and O–H groups in total. The van der Waals surface area contributed by atoms with Crippen molar-refractivity contribution in [1.29, 1.82) is 0 Å². The van der Waals surface area contributed by atoms with E-state index in [9.17, 15) is 22.4 Å². The Kier molecular flexibility index (Phi) is 5.40. The highest BCUT2D eigenvalue weighted by molar-refractivity contribution is 6.42. The van der Waals surface area contributed by atoms with Gasteiger partial charge < -0.3 is 5.32 Å². The number of nitrogens with one attached hydrogen (secondary N) is 3. The number of carbonyl (C=O) groups is 1. The molecule has 0 radical (unpaired) electrons. The topological polar surface area (TPSA) is 53.2 Å². The third-order valence-corrected chi connectivity index (χ3v) is 3.70. The molecule has 0 saturated heterocycles. The van der Waals surface area contributed by atoms with E-state index in [1.54, 1.807) is 5.43 Å². The largest absolute Gasteiger partial charge is 0.337 e. The first-order valence-corrected chi connectivity index (χ1v) is 7.08. The van der Waals surface area contributed by atoms with E-state index >= 15 is 0 Å². The molecule has 2 rings (SSSR count). The van der Waals surface area contributed by atoms with Crippen LogP contribution in [0.2, 0.25) is 10.0 Å². The predicted molar refractivity (Wildman–Crippen MR) is 83.3 cm³/mol. The summed E-state index contributed by atoms with van der Waals surface area (Å²) in [5.74, 6) is -6.46. The summed E-state index contributed by atoms with van der Waals surface area (Å²) in [4.78, 5) is 11.6. The molecule has 0 unspecified atom stereocenters. The molecule has 0 heterocycles. The van der Waals surface area contributed by atoms with Crippen LogP contribution in [0.3, 0.4) is 0 Å². The highest BCUT2D eigenvalue weighted by Gasteiger charge is 2.23. The number of benzene rings is 2. The number of carbonyl (C=O) groups excluding carboxylic acids is 1. The molecule has 2 aromatic rings. The van der Waals surface area contributed by atoms with E-state index in [4.69, 9.17) is 23.2 Å². The first kappa shape index (κ1) is 18.2. The zero-order valence-corrected chi connectivity index (χ0v) is 13.4. The van der Waals surface area contributed by atoms with Crippen molar-refractivity contribution in [3.63, 3.8) is 0 Å². The van der Waals surface area contributed by atoms with Crippen LogP contribution in [0.15, 0.2) is 18.2 Å². The molecule has 2 aromatic carbocycles. The summed E-state index contributed by atoms with van der Waals surface area (Å²) in [6, 6.07) is 3.20. The fourth-order valence-corrected chi connectivity index (χ4v) is 2.00. The third kappa shape index (κ3) is 3.65. The minimum atomic E-state index is -1.67. The standard InChI is InChI=1S/C14H9Cl2F4N3O/c1-5-9(17)11(19)13(12(20)10(5)18)22-23-14(24)21-6-2-3-7(15)8(16)4-6/h2-4,22H,1H3,(H2,21,23,24). The maximum atomic E-state index is 13.6. The van der Waals surface area contributed by atoms with Crippen molar-refractivity contribution < 1.29 is 22.4 Å². The summed E-state index contributed by atoms with van der Waals surface area (Å²) in [7, 11) is 0. The van der Waals surface area contributed by atoms with Crippen molar-refractivity contribution in [3.05, 3.63) is 57.1 Å². The van der Waals surface area contributed by atoms with Gasteiger partial charge in [-0.2, -0.15) is 0 Å². The lowest BCUT2D eigenvalue weighted by molar-refractivity contribution is 0.253. The fraction of sp³-hybridized carbons (Fsp3) is 0.0714. The van der Waals surface area contributed by atoms with Crippen LogP contribution in [-0.4, -0.2) is 6.03 Å². The number of urea groups is 1. The van der Waals surface area contributed by atoms with Crippen LogP contribution in [0, 0.1) is 30.2 Å². The molecule has 0 saturated carbocycles. The van der Waals surface area contributed by atoms with E-state index < -0.39 is 40.6 Å². The van der Waals surface area contributed by atoms with Crippen LogP contribution in [0.4, 0.5) is 33.7 Å². The van der Waals surface area contributed by atoms with Crippen LogP contribution < -0.4 is 16.2 Å². The van der Waals surface area contributed by atoms with E-state index in [2.05, 4.69) is 5.32 Å². The Hall–Kier alpha value is -2.19. The lowest BCUT2D eigenvalue weighted by Gasteiger charge is -2.13. The number of hydrazine groups is 1. The number of anilines is 2. The second kappa shape index (κ2) is 7.14. The van der Waals surface area contributed by atoms with Gasteiger partial charge in [0.05, 0.1) is 10.0 Å². The first-order valence-electron chi connectivity index (χ1n) is 6.33. The molecule has 4 nitrogen and oxygen atoms in total. The van der Waals surface area contributed by atoms with Gasteiger partial charge in [0, 0.05) is 11.3 Å². The van der Waals surface area contributed by atoms with E-state index in [0.717, 1.165) is 6.92 Å². The van der Waals surface area contributed by atoms with Crippen molar-refractivity contribution in [2.24, 2.45) is 0 Å². The Balaban J connectivity index is 2.11. The SMILES string of the molecule is Cc1c(F)c(F)c(NNC(=O)Nc2ccc(Cl)c(Cl)c2)c(F)c1F. The van der Waals surface area contributed by atoms with E-state index in [1.807, 2.05) is 5.43 Å². The van der Waals surface area contributed by atoms with E-state index in [-0.39, 0.29) is 15.7 Å². The van der Waals surface area contributed by atoms with Gasteiger partial charge in [0.25, 0.3) is 0 Å². The van der Waals surface area contributed by atoms with Crippen molar-refractivity contribution >= 4 is 40.6 Å². The van der Waals surface area contributed by atoms with Crippen LogP contribution in [0.1, 0.15) is 5.56 Å². The fourth-order valence-electron chi connectivity index (χ4n) is 1.71. The maximum absolute atomic E-state index is 13.6. The van der Waals surface area contributed by atoms with E-state index in [1.165, 1.54) is 18.2 Å². The van der Waals surface area contributed by atoms with Gasteiger partial charge in [-0.15, -0.1) is 0 Å². The van der Waals surface area contributed by atoms with E-state index in [0.29, 0.717) is 0 Å². The summed E-state index contributed by atoms with van der Waals surface area (Å²) in [5.41, 5.74) is 1.88. The van der Waals surface area contributed by atoms with Crippen molar-refractivity contribution in [2.45, 2.75) is 6.92 Å². The predicted octanol–water partition coefficient (Wildman–Crippen LogP) is 5.01. The number of hydrogen-bond donors (Lipinski definition) is 3. The van der Waals surface area contributed by atoms with Crippen LogP contribution in [-0.2, 0) is 0 Å². The maximum Gasteiger partial charge on any atom is 0.337 e. The van der Waals surface area contributed by atoms with Gasteiger partial charge in [-0.25, -0.2) is 22.4 Å². The number of halogens is 6. The summed E-state index contributed by atoms with van der Waals surface area (Å²) in [5, 5.41) is 2.70. The summed E-state index contributed by atoms with van der Waals surface area (Å²) >= 11 is 11.5. The molecule has 2 amide bonds. The Morgan fingerprint density at radius 2 is 1.54 bits per heavy atom. The number of hydrogen-bond acceptors (Lipinski definition) is 2. The number of rotatable bonds is 3. The molecule has 128 valence electrons. The first-order chi connectivity index (χ1) is 11.2. The smallest absolute Gasteiger partial charge is 0.307 e. The molecule has 0 aliphatic rings.